The molecule has 2 fully saturated rings. The molecule has 1 saturated heterocycles. The molecule has 0 radical (unpaired) electrons. The Bertz CT molecular complexity index is 1190. The second-order valence-corrected chi connectivity index (χ2v) is 9.74. The van der Waals surface area contributed by atoms with Crippen molar-refractivity contribution in [2.24, 2.45) is 0 Å². The Labute approximate surface area is 194 Å². The van der Waals surface area contributed by atoms with Gasteiger partial charge in [-0.05, 0) is 31.9 Å². The SMILES string of the molecule is CCCN1CCN(c2cc(NC3CCCCC3)c3c4c(onc24)-c2ccccc2C3=O)CC1. The summed E-state index contributed by atoms with van der Waals surface area (Å²) in [5.41, 5.74) is 5.15. The quantitative estimate of drug-likeness (QED) is 0.450. The van der Waals surface area contributed by atoms with Gasteiger partial charge in [0, 0.05) is 49.0 Å². The third-order valence-corrected chi connectivity index (χ3v) is 7.60. The Kier molecular flexibility index (Phi) is 5.33. The summed E-state index contributed by atoms with van der Waals surface area (Å²) in [5.74, 6) is 0.803. The van der Waals surface area contributed by atoms with Crippen LogP contribution >= 0.6 is 0 Å². The molecule has 0 unspecified atom stereocenters. The molecule has 6 nitrogen and oxygen atoms in total. The summed E-state index contributed by atoms with van der Waals surface area (Å²) in [6, 6.07) is 10.4. The Morgan fingerprint density at radius 2 is 1.82 bits per heavy atom. The second kappa shape index (κ2) is 8.49. The van der Waals surface area contributed by atoms with Gasteiger partial charge in [-0.15, -0.1) is 0 Å². The number of ketones is 1. The van der Waals surface area contributed by atoms with Gasteiger partial charge in [0.1, 0.15) is 5.52 Å². The minimum atomic E-state index is 0.0731. The predicted molar refractivity (Wildman–Crippen MR) is 132 cm³/mol. The number of nitrogens with one attached hydrogen (secondary N) is 1. The van der Waals surface area contributed by atoms with Gasteiger partial charge >= 0.3 is 0 Å². The molecule has 0 atom stereocenters. The van der Waals surface area contributed by atoms with Crippen LogP contribution in [0.4, 0.5) is 11.4 Å². The summed E-state index contributed by atoms with van der Waals surface area (Å²) in [4.78, 5) is 18.7. The molecule has 33 heavy (non-hydrogen) atoms. The van der Waals surface area contributed by atoms with Gasteiger partial charge in [-0.1, -0.05) is 55.6 Å². The fourth-order valence-corrected chi connectivity index (χ4v) is 5.89. The van der Waals surface area contributed by atoms with Crippen LogP contribution in [0, 0.1) is 0 Å². The van der Waals surface area contributed by atoms with Crippen LogP contribution in [0.1, 0.15) is 61.4 Å². The van der Waals surface area contributed by atoms with Crippen LogP contribution in [0.2, 0.25) is 0 Å². The Morgan fingerprint density at radius 1 is 1.06 bits per heavy atom. The van der Waals surface area contributed by atoms with Gasteiger partial charge in [0.05, 0.1) is 16.6 Å². The zero-order valence-corrected chi connectivity index (χ0v) is 19.4. The van der Waals surface area contributed by atoms with E-state index >= 15 is 0 Å². The van der Waals surface area contributed by atoms with E-state index in [-0.39, 0.29) is 5.78 Å². The molecular formula is C27H32N4O2. The molecule has 6 heteroatoms. The first kappa shape index (κ1) is 20.7. The van der Waals surface area contributed by atoms with E-state index < -0.39 is 0 Å². The van der Waals surface area contributed by atoms with Crippen LogP contribution < -0.4 is 10.2 Å². The first-order valence-corrected chi connectivity index (χ1v) is 12.6. The van der Waals surface area contributed by atoms with Crippen molar-refractivity contribution in [3.63, 3.8) is 0 Å². The van der Waals surface area contributed by atoms with Crippen LogP contribution in [-0.4, -0.2) is 54.6 Å². The summed E-state index contributed by atoms with van der Waals surface area (Å²) in [6.07, 6.45) is 7.29. The van der Waals surface area contributed by atoms with Crippen molar-refractivity contribution in [2.45, 2.75) is 51.5 Å². The van der Waals surface area contributed by atoms with Gasteiger partial charge in [-0.3, -0.25) is 9.69 Å². The second-order valence-electron chi connectivity index (χ2n) is 9.74. The molecule has 2 heterocycles. The van der Waals surface area contributed by atoms with Crippen LogP contribution in [0.25, 0.3) is 22.2 Å². The number of benzene rings is 2. The topological polar surface area (TPSA) is 61.6 Å². The highest BCUT2D eigenvalue weighted by Gasteiger charge is 2.34. The maximum absolute atomic E-state index is 13.7. The van der Waals surface area contributed by atoms with E-state index in [0.717, 1.165) is 84.7 Å². The lowest BCUT2D eigenvalue weighted by atomic mass is 9.85. The molecule has 3 aliphatic rings. The summed E-state index contributed by atoms with van der Waals surface area (Å²) in [6.45, 7) is 7.41. The van der Waals surface area contributed by atoms with Crippen molar-refractivity contribution < 1.29 is 9.32 Å². The molecule has 0 bridgehead atoms. The number of carbonyl (C=O) groups excluding carboxylic acids is 1. The molecule has 172 valence electrons. The summed E-state index contributed by atoms with van der Waals surface area (Å²) < 4.78 is 5.94. The fourth-order valence-electron chi connectivity index (χ4n) is 5.89. The van der Waals surface area contributed by atoms with E-state index in [1.54, 1.807) is 0 Å². The van der Waals surface area contributed by atoms with Crippen molar-refractivity contribution in [3.8, 4) is 11.3 Å². The summed E-state index contributed by atoms with van der Waals surface area (Å²) in [7, 11) is 0. The maximum atomic E-state index is 13.7. The third kappa shape index (κ3) is 3.52. The number of anilines is 2. The highest BCUT2D eigenvalue weighted by Crippen LogP contribution is 2.46. The molecule has 1 N–H and O–H groups in total. The largest absolute Gasteiger partial charge is 0.382 e. The van der Waals surface area contributed by atoms with Gasteiger partial charge < -0.3 is 14.7 Å². The number of hydrogen-bond donors (Lipinski definition) is 1. The highest BCUT2D eigenvalue weighted by atomic mass is 16.5. The molecule has 1 aromatic heterocycles. The Morgan fingerprint density at radius 3 is 2.58 bits per heavy atom. The zero-order valence-electron chi connectivity index (χ0n) is 19.4. The van der Waals surface area contributed by atoms with Gasteiger partial charge in [0.25, 0.3) is 0 Å². The molecule has 0 spiro atoms. The smallest absolute Gasteiger partial charge is 0.196 e. The molecule has 6 rings (SSSR count). The van der Waals surface area contributed by atoms with Crippen molar-refractivity contribution in [3.05, 3.63) is 41.5 Å². The molecule has 1 aliphatic heterocycles. The van der Waals surface area contributed by atoms with E-state index in [1.807, 2.05) is 24.3 Å². The normalized spacial score (nSPS) is 19.2. The van der Waals surface area contributed by atoms with Crippen LogP contribution in [0.3, 0.4) is 0 Å². The number of carbonyl (C=O) groups is 1. The number of nitrogens with zero attached hydrogens (tertiary/aromatic N) is 3. The standard InChI is InChI=1S/C27H32N4O2/c1-2-12-30-13-15-31(16-14-30)22-17-21(28-18-8-4-3-5-9-18)23-24-25(22)29-33-27(24)20-11-7-6-10-19(20)26(23)32/h6-7,10-11,17-18,28H,2-5,8-9,12-16H2,1H3. The zero-order chi connectivity index (χ0) is 22.4. The maximum Gasteiger partial charge on any atom is 0.196 e. The summed E-state index contributed by atoms with van der Waals surface area (Å²) in [5, 5.41) is 9.20. The lowest BCUT2D eigenvalue weighted by Crippen LogP contribution is -2.46. The predicted octanol–water partition coefficient (Wildman–Crippen LogP) is 5.32. The van der Waals surface area contributed by atoms with Crippen molar-refractivity contribution >= 4 is 28.1 Å². The van der Waals surface area contributed by atoms with Crippen LogP contribution in [0.15, 0.2) is 34.9 Å². The van der Waals surface area contributed by atoms with Crippen molar-refractivity contribution in [1.82, 2.24) is 10.1 Å². The number of fused-ring (bicyclic) bond motifs is 2. The molecule has 2 aliphatic carbocycles. The Hall–Kier alpha value is -2.86. The first-order chi connectivity index (χ1) is 16.2. The Balaban J connectivity index is 1.47. The fraction of sp³-hybridized carbons (Fsp3) is 0.481. The van der Waals surface area contributed by atoms with E-state index in [0.29, 0.717) is 11.6 Å². The molecule has 0 amide bonds. The van der Waals surface area contributed by atoms with Gasteiger partial charge in [0.15, 0.2) is 11.5 Å². The number of aromatic nitrogens is 1. The lowest BCUT2D eigenvalue weighted by molar-refractivity contribution is 0.104. The van der Waals surface area contributed by atoms with Gasteiger partial charge in [-0.25, -0.2) is 0 Å². The van der Waals surface area contributed by atoms with Gasteiger partial charge in [0.2, 0.25) is 0 Å². The van der Waals surface area contributed by atoms with E-state index in [4.69, 9.17) is 4.52 Å². The van der Waals surface area contributed by atoms with Gasteiger partial charge in [-0.2, -0.15) is 0 Å². The van der Waals surface area contributed by atoms with E-state index in [1.165, 1.54) is 25.7 Å². The molecule has 2 aromatic carbocycles. The van der Waals surface area contributed by atoms with Crippen LogP contribution in [0.5, 0.6) is 0 Å². The third-order valence-electron chi connectivity index (χ3n) is 7.60. The first-order valence-electron chi connectivity index (χ1n) is 12.6. The van der Waals surface area contributed by atoms with Crippen molar-refractivity contribution in [2.75, 3.05) is 42.9 Å². The van der Waals surface area contributed by atoms with Crippen molar-refractivity contribution in [1.29, 1.82) is 0 Å². The number of piperazine rings is 1. The summed E-state index contributed by atoms with van der Waals surface area (Å²) >= 11 is 0. The molecule has 1 saturated carbocycles. The monoisotopic (exact) mass is 444 g/mol. The molecular weight excluding hydrogens is 412 g/mol. The van der Waals surface area contributed by atoms with E-state index in [2.05, 4.69) is 33.3 Å². The lowest BCUT2D eigenvalue weighted by Gasteiger charge is -2.36. The minimum absolute atomic E-state index is 0.0731. The van der Waals surface area contributed by atoms with E-state index in [9.17, 15) is 4.79 Å². The average Bonchev–Trinajstić information content (AvgIpc) is 3.30. The molecule has 3 aromatic rings. The average molecular weight is 445 g/mol. The highest BCUT2D eigenvalue weighted by molar-refractivity contribution is 6.28. The number of rotatable bonds is 5. The van der Waals surface area contributed by atoms with Crippen LogP contribution in [-0.2, 0) is 0 Å². The minimum Gasteiger partial charge on any atom is -0.382 e. The number of hydrogen-bond acceptors (Lipinski definition) is 6.